The number of esters is 1. The smallest absolute Gasteiger partial charge is 0.315 e. The van der Waals surface area contributed by atoms with Crippen LogP contribution in [0.25, 0.3) is 0 Å². The van der Waals surface area contributed by atoms with Gasteiger partial charge in [-0.25, -0.2) is 4.59 Å². The number of nitrogens with zero attached hydrogens (tertiary/aromatic N) is 2. The van der Waals surface area contributed by atoms with Gasteiger partial charge in [0, 0.05) is 11.8 Å². The van der Waals surface area contributed by atoms with Crippen LogP contribution in [0.5, 0.6) is 5.75 Å². The number of quaternary nitrogens is 1. The van der Waals surface area contributed by atoms with Gasteiger partial charge in [0.05, 0.1) is 32.5 Å². The van der Waals surface area contributed by atoms with Crippen LogP contribution in [-0.4, -0.2) is 49.8 Å². The number of ether oxygens (including phenoxy) is 2. The number of carbonyl (C=O) groups is 2. The molecule has 2 aromatic carbocycles. The molecule has 2 atom stereocenters. The van der Waals surface area contributed by atoms with E-state index in [0.717, 1.165) is 21.9 Å². The van der Waals surface area contributed by atoms with Crippen LogP contribution in [0.15, 0.2) is 53.4 Å². The Morgan fingerprint density at radius 1 is 1.10 bits per heavy atom. The van der Waals surface area contributed by atoms with Crippen LogP contribution < -0.4 is 9.75 Å². The predicted octanol–water partition coefficient (Wildman–Crippen LogP) is 4.21. The maximum absolute atomic E-state index is 13.8. The lowest BCUT2D eigenvalue weighted by Crippen LogP contribution is -2.60. The summed E-state index contributed by atoms with van der Waals surface area (Å²) < 4.78 is 11.5. The average Bonchev–Trinajstić information content (AvgIpc) is 2.83. The Labute approximate surface area is 182 Å². The molecule has 0 N–H and O–H groups in total. The largest absolute Gasteiger partial charge is 0.494 e. The molecule has 0 spiro atoms. The zero-order valence-corrected chi connectivity index (χ0v) is 18.9. The molecule has 0 saturated heterocycles. The van der Waals surface area contributed by atoms with E-state index in [4.69, 9.17) is 9.47 Å². The number of para-hydroxylation sites is 1. The Bertz CT molecular complexity index is 914. The molecule has 160 valence electrons. The highest BCUT2D eigenvalue weighted by Crippen LogP contribution is 2.47. The lowest BCUT2D eigenvalue weighted by Gasteiger charge is -2.39. The number of anilines is 1. The summed E-state index contributed by atoms with van der Waals surface area (Å²) >= 11 is 1.54. The molecule has 0 aliphatic carbocycles. The van der Waals surface area contributed by atoms with Gasteiger partial charge in [0.15, 0.2) is 0 Å². The fraction of sp³-hybridized carbons (Fsp3) is 0.391. The SMILES string of the molecule is CCOc1ccc([C@@H]2Sc3ccccc3N([N+](C)(C)CC)C(=O)[C@@H]2OC(C)=O)cc1. The summed E-state index contributed by atoms with van der Waals surface area (Å²) in [5.74, 6) is 0.0621. The highest BCUT2D eigenvalue weighted by atomic mass is 32.2. The van der Waals surface area contributed by atoms with Crippen LogP contribution in [0, 0.1) is 0 Å². The number of benzene rings is 2. The van der Waals surface area contributed by atoms with Gasteiger partial charge in [0.25, 0.3) is 0 Å². The third-order valence-corrected chi connectivity index (χ3v) is 6.57. The zero-order chi connectivity index (χ0) is 21.9. The van der Waals surface area contributed by atoms with E-state index in [-0.39, 0.29) is 11.2 Å². The molecule has 0 aromatic heterocycles. The van der Waals surface area contributed by atoms with Crippen LogP contribution in [0.4, 0.5) is 5.69 Å². The Kier molecular flexibility index (Phi) is 6.73. The molecule has 0 unspecified atom stereocenters. The molecular formula is C23H29N2O4S+. The normalized spacial score (nSPS) is 19.1. The second-order valence-electron chi connectivity index (χ2n) is 7.63. The lowest BCUT2D eigenvalue weighted by molar-refractivity contribution is -0.890. The van der Waals surface area contributed by atoms with Gasteiger partial charge >= 0.3 is 11.9 Å². The van der Waals surface area contributed by atoms with Gasteiger partial charge in [-0.05, 0) is 43.7 Å². The van der Waals surface area contributed by atoms with Crippen LogP contribution in [0.3, 0.4) is 0 Å². The summed E-state index contributed by atoms with van der Waals surface area (Å²) in [6, 6.07) is 15.5. The van der Waals surface area contributed by atoms with E-state index >= 15 is 0 Å². The van der Waals surface area contributed by atoms with E-state index in [0.29, 0.717) is 17.7 Å². The van der Waals surface area contributed by atoms with E-state index in [1.165, 1.54) is 6.92 Å². The van der Waals surface area contributed by atoms with Crippen molar-refractivity contribution in [3.8, 4) is 5.75 Å². The van der Waals surface area contributed by atoms with E-state index in [9.17, 15) is 9.59 Å². The van der Waals surface area contributed by atoms with Crippen molar-refractivity contribution in [3.63, 3.8) is 0 Å². The maximum atomic E-state index is 13.8. The summed E-state index contributed by atoms with van der Waals surface area (Å²) in [6.45, 7) is 6.58. The predicted molar refractivity (Wildman–Crippen MR) is 118 cm³/mol. The first kappa shape index (κ1) is 22.2. The van der Waals surface area contributed by atoms with Crippen molar-refractivity contribution in [2.45, 2.75) is 37.0 Å². The van der Waals surface area contributed by atoms with Gasteiger partial charge in [-0.15, -0.1) is 11.8 Å². The summed E-state index contributed by atoms with van der Waals surface area (Å²) in [4.78, 5) is 26.7. The Balaban J connectivity index is 2.13. The van der Waals surface area contributed by atoms with Crippen molar-refractivity contribution in [1.82, 2.24) is 0 Å². The molecule has 0 fully saturated rings. The maximum Gasteiger partial charge on any atom is 0.315 e. The Morgan fingerprint density at radius 2 is 1.77 bits per heavy atom. The number of hydrogen-bond donors (Lipinski definition) is 0. The molecule has 1 heterocycles. The molecule has 30 heavy (non-hydrogen) atoms. The summed E-state index contributed by atoms with van der Waals surface area (Å²) in [5.41, 5.74) is 1.73. The second kappa shape index (κ2) is 9.10. The summed E-state index contributed by atoms with van der Waals surface area (Å²) in [7, 11) is 3.95. The topological polar surface area (TPSA) is 55.8 Å². The monoisotopic (exact) mass is 429 g/mol. The molecule has 2 aromatic rings. The number of carbonyl (C=O) groups excluding carboxylic acids is 2. The van der Waals surface area contributed by atoms with Gasteiger partial charge in [0.2, 0.25) is 6.10 Å². The highest BCUT2D eigenvalue weighted by Gasteiger charge is 2.46. The highest BCUT2D eigenvalue weighted by molar-refractivity contribution is 7.99. The number of hydrogen-bond acceptors (Lipinski definition) is 5. The fourth-order valence-corrected chi connectivity index (χ4v) is 4.75. The summed E-state index contributed by atoms with van der Waals surface area (Å²) in [5, 5.41) is 1.37. The molecule has 0 saturated carbocycles. The molecule has 3 rings (SSSR count). The standard InChI is InChI=1S/C23H29N2O4S/c1-6-25(4,5)24-19-10-8-9-11-20(19)30-22(21(23(24)27)29-16(3)26)17-12-14-18(15-13-17)28-7-2/h8-15,21-22H,6-7H2,1-5H3/q+1/t21-,22+/m1/s1. The molecular weight excluding hydrogens is 400 g/mol. The molecule has 1 aliphatic rings. The minimum atomic E-state index is -0.943. The molecule has 6 nitrogen and oxygen atoms in total. The van der Waals surface area contributed by atoms with E-state index in [1.807, 2.05) is 76.5 Å². The lowest BCUT2D eigenvalue weighted by atomic mass is 10.1. The van der Waals surface area contributed by atoms with Crippen LogP contribution in [0.2, 0.25) is 0 Å². The van der Waals surface area contributed by atoms with Crippen molar-refractivity contribution >= 4 is 29.3 Å². The Hall–Kier alpha value is -2.51. The van der Waals surface area contributed by atoms with E-state index in [2.05, 4.69) is 0 Å². The van der Waals surface area contributed by atoms with Gasteiger partial charge in [-0.2, -0.15) is 5.01 Å². The summed E-state index contributed by atoms with van der Waals surface area (Å²) in [6.07, 6.45) is -0.943. The second-order valence-corrected chi connectivity index (χ2v) is 8.81. The van der Waals surface area contributed by atoms with Crippen LogP contribution >= 0.6 is 11.8 Å². The van der Waals surface area contributed by atoms with Crippen LogP contribution in [-0.2, 0) is 14.3 Å². The molecule has 1 amide bonds. The van der Waals surface area contributed by atoms with Gasteiger partial charge in [-0.3, -0.25) is 9.59 Å². The average molecular weight is 430 g/mol. The van der Waals surface area contributed by atoms with Crippen molar-refractivity contribution in [2.75, 3.05) is 32.3 Å². The van der Waals surface area contributed by atoms with Crippen molar-refractivity contribution in [3.05, 3.63) is 54.1 Å². The first-order valence-electron chi connectivity index (χ1n) is 10.1. The van der Waals surface area contributed by atoms with Crippen LogP contribution in [0.1, 0.15) is 31.6 Å². The molecule has 7 heteroatoms. The quantitative estimate of drug-likeness (QED) is 0.509. The van der Waals surface area contributed by atoms with E-state index < -0.39 is 12.1 Å². The third kappa shape index (κ3) is 4.47. The Morgan fingerprint density at radius 3 is 2.37 bits per heavy atom. The third-order valence-electron chi connectivity index (χ3n) is 5.20. The zero-order valence-electron chi connectivity index (χ0n) is 18.1. The number of fused-ring (bicyclic) bond motifs is 1. The first-order chi connectivity index (χ1) is 14.3. The number of amides is 1. The minimum absolute atomic E-state index is 0.228. The molecule has 0 bridgehead atoms. The number of thioether (sulfide) groups is 1. The molecule has 0 radical (unpaired) electrons. The van der Waals surface area contributed by atoms with Crippen molar-refractivity contribution < 1.29 is 23.7 Å². The van der Waals surface area contributed by atoms with Crippen molar-refractivity contribution in [1.29, 1.82) is 0 Å². The fourth-order valence-electron chi connectivity index (χ4n) is 3.45. The number of rotatable bonds is 6. The van der Waals surface area contributed by atoms with E-state index in [1.54, 1.807) is 16.8 Å². The minimum Gasteiger partial charge on any atom is -0.494 e. The van der Waals surface area contributed by atoms with Gasteiger partial charge in [-0.1, -0.05) is 24.3 Å². The van der Waals surface area contributed by atoms with Gasteiger partial charge in [0.1, 0.15) is 11.4 Å². The molecule has 1 aliphatic heterocycles. The van der Waals surface area contributed by atoms with Gasteiger partial charge < -0.3 is 9.47 Å². The van der Waals surface area contributed by atoms with Crippen molar-refractivity contribution in [2.24, 2.45) is 0 Å². The first-order valence-corrected chi connectivity index (χ1v) is 11.0.